The van der Waals surface area contributed by atoms with Gasteiger partial charge in [-0.15, -0.1) is 17.0 Å². The van der Waals surface area contributed by atoms with Gasteiger partial charge in [-0.25, -0.2) is 0 Å². The van der Waals surface area contributed by atoms with Gasteiger partial charge in [0.05, 0.1) is 0 Å². The molecule has 0 unspecified atom stereocenters. The molecule has 0 fully saturated rings. The number of allylic oxidation sites excluding steroid dienone is 4. The van der Waals surface area contributed by atoms with Gasteiger partial charge in [0, 0.05) is 12.4 Å². The van der Waals surface area contributed by atoms with E-state index in [0.29, 0.717) is 0 Å². The molecule has 1 heterocycles. The van der Waals surface area contributed by atoms with Crippen LogP contribution in [0.5, 0.6) is 0 Å². The highest BCUT2D eigenvalue weighted by Crippen LogP contribution is 2.30. The first-order valence-electron chi connectivity index (χ1n) is 9.21. The number of benzene rings is 3. The lowest BCUT2D eigenvalue weighted by Gasteiger charge is -2.03. The van der Waals surface area contributed by atoms with Gasteiger partial charge in [0.15, 0.2) is 0 Å². The molecule has 0 amide bonds. The minimum Gasteiger partial charge on any atom is -0.368 e. The summed E-state index contributed by atoms with van der Waals surface area (Å²) in [6, 6.07) is 21.8. The number of hydrogen-bond acceptors (Lipinski definition) is 1. The van der Waals surface area contributed by atoms with Crippen LogP contribution in [0.1, 0.15) is 11.1 Å². The van der Waals surface area contributed by atoms with E-state index in [9.17, 15) is 0 Å². The molecule has 0 bridgehead atoms. The maximum absolute atomic E-state index is 2.92. The summed E-state index contributed by atoms with van der Waals surface area (Å²) in [7, 11) is 0. The lowest BCUT2D eigenvalue weighted by Crippen LogP contribution is -2.25. The zero-order valence-electron chi connectivity index (χ0n) is 15.3. The smallest absolute Gasteiger partial charge is 0.000442 e. The van der Waals surface area contributed by atoms with Crippen LogP contribution in [0.25, 0.3) is 34.4 Å². The fraction of sp³-hybridized carbons (Fsp3) is 0. The van der Waals surface area contributed by atoms with E-state index < -0.39 is 0 Å². The van der Waals surface area contributed by atoms with Gasteiger partial charge in [-0.3, -0.25) is 0 Å². The molecule has 1 aliphatic heterocycles. The molecule has 0 spiro atoms. The Kier molecular flexibility index (Phi) is 5.14. The van der Waals surface area contributed by atoms with Crippen LogP contribution in [0.2, 0.25) is 0 Å². The predicted molar refractivity (Wildman–Crippen MR) is 125 cm³/mol. The lowest BCUT2D eigenvalue weighted by molar-refractivity contribution is 1.20. The predicted octanol–water partition coefficient (Wildman–Crippen LogP) is 5.06. The topological polar surface area (TPSA) is 12.0 Å². The monoisotopic (exact) mass is 425 g/mol. The van der Waals surface area contributed by atoms with Gasteiger partial charge in [0.25, 0.3) is 0 Å². The van der Waals surface area contributed by atoms with Crippen molar-refractivity contribution in [3.8, 4) is 22.3 Å². The Morgan fingerprint density at radius 1 is 0.464 bits per heavy atom. The molecule has 28 heavy (non-hydrogen) atoms. The third-order valence-corrected chi connectivity index (χ3v) is 5.11. The van der Waals surface area contributed by atoms with E-state index in [-0.39, 0.29) is 17.0 Å². The van der Waals surface area contributed by atoms with Crippen LogP contribution in [0, 0.1) is 0 Å². The van der Waals surface area contributed by atoms with E-state index in [0.717, 1.165) is 0 Å². The van der Waals surface area contributed by atoms with E-state index >= 15 is 0 Å². The second kappa shape index (κ2) is 7.87. The Balaban J connectivity index is 0.000000207. The van der Waals surface area contributed by atoms with Crippen LogP contribution in [0.4, 0.5) is 0 Å². The highest BCUT2D eigenvalue weighted by atomic mass is 79.9. The zero-order chi connectivity index (χ0) is 18.1. The van der Waals surface area contributed by atoms with Crippen LogP contribution >= 0.6 is 17.0 Å². The minimum absolute atomic E-state index is 0. The minimum atomic E-state index is 0. The summed E-state index contributed by atoms with van der Waals surface area (Å²) in [5.74, 6) is 0. The van der Waals surface area contributed by atoms with Gasteiger partial charge in [-0.2, -0.15) is 0 Å². The quantitative estimate of drug-likeness (QED) is 0.365. The summed E-state index contributed by atoms with van der Waals surface area (Å²) in [6.45, 7) is 0. The Morgan fingerprint density at radius 3 is 1.43 bits per heavy atom. The molecule has 1 nitrogen and oxygen atoms in total. The molecule has 0 atom stereocenters. The Hall–Kier alpha value is -3.10. The molecular formula is C26H20BrN. The SMILES string of the molecule is Br.C1=CC=CNC=C1.C1=c2c(ccc3c2=Cc2ccccc2-3)-c2ccccc21. The molecule has 6 rings (SSSR count). The second-order valence-corrected chi connectivity index (χ2v) is 6.72. The largest absolute Gasteiger partial charge is 0.368 e. The average molecular weight is 426 g/mol. The molecule has 2 heteroatoms. The molecule has 3 aromatic carbocycles. The molecule has 3 aromatic rings. The Bertz CT molecular complexity index is 1150. The Morgan fingerprint density at radius 2 is 0.929 bits per heavy atom. The summed E-state index contributed by atoms with van der Waals surface area (Å²) < 4.78 is 0. The number of rotatable bonds is 0. The van der Waals surface area contributed by atoms with E-state index in [1.165, 1.54) is 43.8 Å². The van der Waals surface area contributed by atoms with Crippen LogP contribution < -0.4 is 15.8 Å². The molecule has 2 aliphatic carbocycles. The van der Waals surface area contributed by atoms with Crippen molar-refractivity contribution >= 4 is 29.1 Å². The summed E-state index contributed by atoms with van der Waals surface area (Å²) >= 11 is 0. The fourth-order valence-electron chi connectivity index (χ4n) is 3.87. The summed E-state index contributed by atoms with van der Waals surface area (Å²) in [6.07, 6.45) is 16.2. The van der Waals surface area contributed by atoms with E-state index in [2.05, 4.69) is 78.1 Å². The van der Waals surface area contributed by atoms with Crippen LogP contribution in [-0.4, -0.2) is 0 Å². The molecule has 136 valence electrons. The molecule has 0 radical (unpaired) electrons. The van der Waals surface area contributed by atoms with Crippen LogP contribution in [-0.2, 0) is 0 Å². The second-order valence-electron chi connectivity index (χ2n) is 6.72. The van der Waals surface area contributed by atoms with Crippen LogP contribution in [0.3, 0.4) is 0 Å². The number of fused-ring (bicyclic) bond motifs is 7. The maximum Gasteiger partial charge on any atom is 0.000442 e. The van der Waals surface area contributed by atoms with Gasteiger partial charge in [0.1, 0.15) is 0 Å². The number of hydrogen-bond donors (Lipinski definition) is 1. The first kappa shape index (κ1) is 18.3. The third kappa shape index (κ3) is 3.17. The van der Waals surface area contributed by atoms with Gasteiger partial charge >= 0.3 is 0 Å². The number of halogens is 1. The third-order valence-electron chi connectivity index (χ3n) is 5.11. The van der Waals surface area contributed by atoms with Gasteiger partial charge in [-0.05, 0) is 68.1 Å². The van der Waals surface area contributed by atoms with Gasteiger partial charge < -0.3 is 5.32 Å². The molecule has 3 aliphatic rings. The maximum atomic E-state index is 2.92. The molecule has 0 aromatic heterocycles. The highest BCUT2D eigenvalue weighted by molar-refractivity contribution is 8.93. The standard InChI is InChI=1S/C20H12.C6H7N.BrH/c1-3-7-15-13(5-1)11-19-17(15)9-10-18-16-8-4-2-6-14(16)12-20(18)19;1-2-4-6-7-5-3-1;/h1-12H;1-7H;1H. The van der Waals surface area contributed by atoms with Crippen molar-refractivity contribution in [1.82, 2.24) is 5.32 Å². The van der Waals surface area contributed by atoms with Gasteiger partial charge in [0.2, 0.25) is 0 Å². The van der Waals surface area contributed by atoms with Crippen molar-refractivity contribution in [2.24, 2.45) is 0 Å². The zero-order valence-corrected chi connectivity index (χ0v) is 17.0. The lowest BCUT2D eigenvalue weighted by atomic mass is 10.0. The summed E-state index contributed by atoms with van der Waals surface area (Å²) in [5, 5.41) is 5.67. The van der Waals surface area contributed by atoms with Gasteiger partial charge in [-0.1, -0.05) is 72.8 Å². The van der Waals surface area contributed by atoms with Crippen molar-refractivity contribution in [2.45, 2.75) is 0 Å². The van der Waals surface area contributed by atoms with Crippen molar-refractivity contribution in [3.63, 3.8) is 0 Å². The summed E-state index contributed by atoms with van der Waals surface area (Å²) in [5.41, 5.74) is 8.11. The Labute approximate surface area is 175 Å². The molecule has 0 saturated heterocycles. The first-order valence-corrected chi connectivity index (χ1v) is 9.21. The van der Waals surface area contributed by atoms with Crippen molar-refractivity contribution in [3.05, 3.63) is 119 Å². The first-order chi connectivity index (χ1) is 13.4. The van der Waals surface area contributed by atoms with E-state index in [1.807, 2.05) is 36.7 Å². The molecular weight excluding hydrogens is 406 g/mol. The summed E-state index contributed by atoms with van der Waals surface area (Å²) in [4.78, 5) is 0. The fourth-order valence-corrected chi connectivity index (χ4v) is 3.87. The van der Waals surface area contributed by atoms with E-state index in [1.54, 1.807) is 0 Å². The van der Waals surface area contributed by atoms with Crippen molar-refractivity contribution in [2.75, 3.05) is 0 Å². The average Bonchev–Trinajstić information content (AvgIpc) is 3.13. The number of nitrogens with one attached hydrogen (secondary N) is 1. The van der Waals surface area contributed by atoms with E-state index in [4.69, 9.17) is 0 Å². The molecule has 1 N–H and O–H groups in total. The highest BCUT2D eigenvalue weighted by Gasteiger charge is 2.17. The normalized spacial score (nSPS) is 13.1. The molecule has 0 saturated carbocycles. The van der Waals surface area contributed by atoms with Crippen molar-refractivity contribution < 1.29 is 0 Å². The van der Waals surface area contributed by atoms with Crippen molar-refractivity contribution in [1.29, 1.82) is 0 Å². The van der Waals surface area contributed by atoms with Crippen LogP contribution in [0.15, 0.2) is 97.4 Å².